The summed E-state index contributed by atoms with van der Waals surface area (Å²) in [4.78, 5) is 27.1. The lowest BCUT2D eigenvalue weighted by molar-refractivity contribution is -0.121. The summed E-state index contributed by atoms with van der Waals surface area (Å²) in [6.07, 6.45) is 0.245. The van der Waals surface area contributed by atoms with E-state index in [0.29, 0.717) is 19.6 Å². The summed E-state index contributed by atoms with van der Waals surface area (Å²) in [6, 6.07) is 19.0. The number of aryl methyl sites for hydroxylation is 2. The van der Waals surface area contributed by atoms with E-state index in [1.807, 2.05) is 79.2 Å². The predicted molar refractivity (Wildman–Crippen MR) is 120 cm³/mol. The predicted octanol–water partition coefficient (Wildman–Crippen LogP) is 3.64. The Kier molecular flexibility index (Phi) is 6.02. The number of aromatic nitrogens is 2. The Balaban J connectivity index is 1.52. The van der Waals surface area contributed by atoms with Crippen molar-refractivity contribution in [2.24, 2.45) is 0 Å². The first-order valence-electron chi connectivity index (χ1n) is 10.5. The van der Waals surface area contributed by atoms with Crippen molar-refractivity contribution in [1.82, 2.24) is 20.0 Å². The minimum Gasteiger partial charge on any atom is -0.354 e. The van der Waals surface area contributed by atoms with Gasteiger partial charge in [0.05, 0.1) is 24.7 Å². The maximum absolute atomic E-state index is 13.2. The third-order valence-corrected chi connectivity index (χ3v) is 5.49. The van der Waals surface area contributed by atoms with Crippen LogP contribution in [0.1, 0.15) is 35.0 Å². The van der Waals surface area contributed by atoms with Crippen molar-refractivity contribution >= 4 is 17.6 Å². The van der Waals surface area contributed by atoms with Gasteiger partial charge in [0.2, 0.25) is 5.91 Å². The van der Waals surface area contributed by atoms with Crippen molar-refractivity contribution in [1.29, 1.82) is 0 Å². The van der Waals surface area contributed by atoms with Gasteiger partial charge in [0, 0.05) is 24.5 Å². The molecule has 4 rings (SSSR count). The smallest absolute Gasteiger partial charge is 0.322 e. The van der Waals surface area contributed by atoms with Crippen molar-refractivity contribution in [2.75, 3.05) is 18.4 Å². The van der Waals surface area contributed by atoms with Gasteiger partial charge in [-0.3, -0.25) is 9.48 Å². The van der Waals surface area contributed by atoms with Crippen molar-refractivity contribution in [3.8, 4) is 0 Å². The Morgan fingerprint density at radius 2 is 1.94 bits per heavy atom. The molecule has 1 unspecified atom stereocenters. The molecular formula is C24H27N5O2. The van der Waals surface area contributed by atoms with Crippen LogP contribution in [0.4, 0.5) is 10.5 Å². The number of carbonyl (C=O) groups excluding carboxylic acids is 2. The van der Waals surface area contributed by atoms with E-state index >= 15 is 0 Å². The summed E-state index contributed by atoms with van der Waals surface area (Å²) in [7, 11) is 0. The SMILES string of the molecule is Cc1cc(C)n(Cc2cccc(NC(=O)N3CCNC(=O)CC3c3ccccc3)c2)n1. The first-order chi connectivity index (χ1) is 15.0. The molecule has 1 saturated heterocycles. The van der Waals surface area contributed by atoms with Crippen LogP contribution >= 0.6 is 0 Å². The van der Waals surface area contributed by atoms with Crippen molar-refractivity contribution in [2.45, 2.75) is 32.9 Å². The molecule has 0 aliphatic carbocycles. The fraction of sp³-hybridized carbons (Fsp3) is 0.292. The molecule has 1 fully saturated rings. The molecule has 0 spiro atoms. The number of urea groups is 1. The van der Waals surface area contributed by atoms with Crippen LogP contribution in [0.15, 0.2) is 60.7 Å². The molecule has 0 bridgehead atoms. The number of carbonyl (C=O) groups is 2. The lowest BCUT2D eigenvalue weighted by Gasteiger charge is -2.29. The Hall–Kier alpha value is -3.61. The lowest BCUT2D eigenvalue weighted by Crippen LogP contribution is -2.39. The van der Waals surface area contributed by atoms with Gasteiger partial charge >= 0.3 is 6.03 Å². The van der Waals surface area contributed by atoms with Crippen LogP contribution in [0.2, 0.25) is 0 Å². The number of nitrogens with zero attached hydrogens (tertiary/aromatic N) is 3. The Morgan fingerprint density at radius 1 is 1.13 bits per heavy atom. The molecule has 160 valence electrons. The number of hydrogen-bond acceptors (Lipinski definition) is 3. The van der Waals surface area contributed by atoms with Crippen LogP contribution in [0.3, 0.4) is 0 Å². The summed E-state index contributed by atoms with van der Waals surface area (Å²) in [5.74, 6) is -0.0453. The number of benzene rings is 2. The molecule has 31 heavy (non-hydrogen) atoms. The average Bonchev–Trinajstić information content (AvgIpc) is 2.95. The average molecular weight is 418 g/mol. The van der Waals surface area contributed by atoms with E-state index in [0.717, 1.165) is 28.2 Å². The van der Waals surface area contributed by atoms with Crippen LogP contribution in [-0.4, -0.2) is 39.7 Å². The fourth-order valence-corrected chi connectivity index (χ4v) is 4.00. The number of hydrogen-bond donors (Lipinski definition) is 2. The van der Waals surface area contributed by atoms with E-state index in [4.69, 9.17) is 0 Å². The van der Waals surface area contributed by atoms with E-state index in [9.17, 15) is 9.59 Å². The quantitative estimate of drug-likeness (QED) is 0.680. The highest BCUT2D eigenvalue weighted by molar-refractivity contribution is 5.90. The molecule has 1 atom stereocenters. The molecule has 7 nitrogen and oxygen atoms in total. The van der Waals surface area contributed by atoms with Gasteiger partial charge < -0.3 is 15.5 Å². The molecular weight excluding hydrogens is 390 g/mol. The maximum atomic E-state index is 13.2. The summed E-state index contributed by atoms with van der Waals surface area (Å²) in [5, 5.41) is 10.4. The molecule has 1 aromatic heterocycles. The van der Waals surface area contributed by atoms with Crippen molar-refractivity contribution in [3.63, 3.8) is 0 Å². The number of rotatable bonds is 4. The Morgan fingerprint density at radius 3 is 2.68 bits per heavy atom. The zero-order chi connectivity index (χ0) is 21.8. The summed E-state index contributed by atoms with van der Waals surface area (Å²) in [5.41, 5.74) is 4.81. The van der Waals surface area contributed by atoms with Crippen molar-refractivity contribution in [3.05, 3.63) is 83.2 Å². The highest BCUT2D eigenvalue weighted by Crippen LogP contribution is 2.26. The molecule has 3 amide bonds. The minimum absolute atomic E-state index is 0.0453. The van der Waals surface area contributed by atoms with Gasteiger partial charge in [-0.15, -0.1) is 0 Å². The van der Waals surface area contributed by atoms with Gasteiger partial charge in [-0.2, -0.15) is 5.10 Å². The van der Waals surface area contributed by atoms with E-state index in [1.165, 1.54) is 0 Å². The summed E-state index contributed by atoms with van der Waals surface area (Å²) >= 11 is 0. The van der Waals surface area contributed by atoms with Crippen LogP contribution in [-0.2, 0) is 11.3 Å². The summed E-state index contributed by atoms with van der Waals surface area (Å²) in [6.45, 7) is 5.53. The largest absolute Gasteiger partial charge is 0.354 e. The van der Waals surface area contributed by atoms with Crippen LogP contribution in [0.25, 0.3) is 0 Å². The minimum atomic E-state index is -0.304. The second-order valence-electron chi connectivity index (χ2n) is 7.89. The van der Waals surface area contributed by atoms with E-state index in [2.05, 4.69) is 15.7 Å². The second-order valence-corrected chi connectivity index (χ2v) is 7.89. The Bertz CT molecular complexity index is 1080. The van der Waals surface area contributed by atoms with Crippen LogP contribution < -0.4 is 10.6 Å². The highest BCUT2D eigenvalue weighted by atomic mass is 16.2. The van der Waals surface area contributed by atoms with Gasteiger partial charge in [0.1, 0.15) is 0 Å². The normalized spacial score (nSPS) is 16.5. The molecule has 7 heteroatoms. The number of anilines is 1. The third-order valence-electron chi connectivity index (χ3n) is 5.49. The zero-order valence-corrected chi connectivity index (χ0v) is 17.8. The van der Waals surface area contributed by atoms with Gasteiger partial charge in [0.15, 0.2) is 0 Å². The maximum Gasteiger partial charge on any atom is 0.322 e. The highest BCUT2D eigenvalue weighted by Gasteiger charge is 2.29. The van der Waals surface area contributed by atoms with E-state index < -0.39 is 0 Å². The number of nitrogens with one attached hydrogen (secondary N) is 2. The number of amides is 3. The molecule has 1 aliphatic rings. The van der Waals surface area contributed by atoms with Gasteiger partial charge in [-0.25, -0.2) is 4.79 Å². The van der Waals surface area contributed by atoms with Crippen molar-refractivity contribution < 1.29 is 9.59 Å². The van der Waals surface area contributed by atoms with Crippen LogP contribution in [0, 0.1) is 13.8 Å². The molecule has 2 N–H and O–H groups in total. The van der Waals surface area contributed by atoms with E-state index in [1.54, 1.807) is 4.90 Å². The Labute approximate surface area is 182 Å². The molecule has 2 heterocycles. The monoisotopic (exact) mass is 417 g/mol. The zero-order valence-electron chi connectivity index (χ0n) is 17.8. The standard InChI is InChI=1S/C24H27N5O2/c1-17-13-18(2)29(27-17)16-19-7-6-10-21(14-19)26-24(31)28-12-11-25-23(30)15-22(28)20-8-4-3-5-9-20/h3-10,13-14,22H,11-12,15-16H2,1-2H3,(H,25,30)(H,26,31). The molecule has 3 aromatic rings. The third kappa shape index (κ3) is 4.94. The first-order valence-corrected chi connectivity index (χ1v) is 10.5. The van der Waals surface area contributed by atoms with Gasteiger partial charge in [0.25, 0.3) is 0 Å². The first kappa shape index (κ1) is 20.7. The van der Waals surface area contributed by atoms with Crippen LogP contribution in [0.5, 0.6) is 0 Å². The molecule has 0 radical (unpaired) electrons. The second kappa shape index (κ2) is 9.04. The van der Waals surface area contributed by atoms with Gasteiger partial charge in [-0.05, 0) is 43.2 Å². The van der Waals surface area contributed by atoms with Gasteiger partial charge in [-0.1, -0.05) is 42.5 Å². The molecule has 2 aromatic carbocycles. The summed E-state index contributed by atoms with van der Waals surface area (Å²) < 4.78 is 1.95. The molecule has 1 aliphatic heterocycles. The lowest BCUT2D eigenvalue weighted by atomic mass is 10.0. The molecule has 0 saturated carbocycles. The van der Waals surface area contributed by atoms with E-state index in [-0.39, 0.29) is 24.4 Å². The topological polar surface area (TPSA) is 79.3 Å². The fourth-order valence-electron chi connectivity index (χ4n) is 4.00.